The molecule has 0 aliphatic rings. The minimum atomic E-state index is 0.524. The van der Waals surface area contributed by atoms with Crippen LogP contribution in [0.25, 0.3) is 11.0 Å². The third-order valence-electron chi connectivity index (χ3n) is 3.29. The van der Waals surface area contributed by atoms with Gasteiger partial charge in [-0.1, -0.05) is 25.5 Å². The normalized spacial score (nSPS) is 13.1. The topological polar surface area (TPSA) is 29.9 Å². The summed E-state index contributed by atoms with van der Waals surface area (Å²) in [6, 6.07) is 8.87. The van der Waals surface area contributed by atoms with Crippen molar-refractivity contribution in [1.29, 1.82) is 0 Å². The molecule has 1 aromatic carbocycles. The Morgan fingerprint density at radius 2 is 2.12 bits per heavy atom. The van der Waals surface area contributed by atoms with Crippen molar-refractivity contribution < 1.29 is 0 Å². The van der Waals surface area contributed by atoms with E-state index < -0.39 is 0 Å². The number of hydrogen-bond donors (Lipinski definition) is 1. The summed E-state index contributed by atoms with van der Waals surface area (Å²) in [6.45, 7) is 5.30. The first-order valence-corrected chi connectivity index (χ1v) is 6.35. The summed E-state index contributed by atoms with van der Waals surface area (Å²) in [4.78, 5) is 4.60. The van der Waals surface area contributed by atoms with Gasteiger partial charge >= 0.3 is 0 Å². The number of rotatable bonds is 5. The molecule has 3 heteroatoms. The van der Waals surface area contributed by atoms with Gasteiger partial charge in [0, 0.05) is 12.6 Å². The molecule has 0 radical (unpaired) electrons. The molecule has 1 N–H and O–H groups in total. The summed E-state index contributed by atoms with van der Waals surface area (Å²) in [7, 11) is 2.04. The zero-order valence-corrected chi connectivity index (χ0v) is 10.9. The number of nitrogens with zero attached hydrogens (tertiary/aromatic N) is 2. The zero-order chi connectivity index (χ0) is 12.3. The first-order valence-electron chi connectivity index (χ1n) is 6.35. The number of likely N-dealkylation sites (N-methyl/N-ethyl adjacent to an activating group) is 1. The lowest BCUT2D eigenvalue weighted by atomic mass is 10.1. The van der Waals surface area contributed by atoms with Crippen molar-refractivity contribution in [2.75, 3.05) is 7.05 Å². The fraction of sp³-hybridized carbons (Fsp3) is 0.500. The minimum absolute atomic E-state index is 0.524. The van der Waals surface area contributed by atoms with Crippen molar-refractivity contribution in [1.82, 2.24) is 14.9 Å². The van der Waals surface area contributed by atoms with Crippen LogP contribution in [0.3, 0.4) is 0 Å². The largest absolute Gasteiger partial charge is 0.327 e. The Bertz CT molecular complexity index is 487. The van der Waals surface area contributed by atoms with Gasteiger partial charge in [0.25, 0.3) is 0 Å². The lowest BCUT2D eigenvalue weighted by Crippen LogP contribution is -2.30. The molecule has 0 aliphatic carbocycles. The third-order valence-corrected chi connectivity index (χ3v) is 3.29. The molecule has 0 amide bonds. The quantitative estimate of drug-likeness (QED) is 0.857. The van der Waals surface area contributed by atoms with Crippen molar-refractivity contribution in [3.8, 4) is 0 Å². The van der Waals surface area contributed by atoms with Crippen LogP contribution >= 0.6 is 0 Å². The molecular formula is C14H21N3. The number of aryl methyl sites for hydroxylation is 1. The highest BCUT2D eigenvalue weighted by Crippen LogP contribution is 2.16. The van der Waals surface area contributed by atoms with E-state index in [2.05, 4.69) is 46.9 Å². The van der Waals surface area contributed by atoms with Gasteiger partial charge in [0.15, 0.2) is 0 Å². The second kappa shape index (κ2) is 5.32. The molecule has 0 fully saturated rings. The highest BCUT2D eigenvalue weighted by Gasteiger charge is 2.11. The van der Waals surface area contributed by atoms with Crippen LogP contribution in [0.2, 0.25) is 0 Å². The van der Waals surface area contributed by atoms with E-state index in [0.717, 1.165) is 17.9 Å². The number of fused-ring (bicyclic) bond motifs is 1. The summed E-state index contributed by atoms with van der Waals surface area (Å²) >= 11 is 0. The van der Waals surface area contributed by atoms with Crippen LogP contribution in [0.4, 0.5) is 0 Å². The van der Waals surface area contributed by atoms with E-state index in [-0.39, 0.29) is 0 Å². The van der Waals surface area contributed by atoms with Gasteiger partial charge in [0.05, 0.1) is 11.0 Å². The average Bonchev–Trinajstić information content (AvgIpc) is 2.65. The van der Waals surface area contributed by atoms with E-state index in [1.54, 1.807) is 0 Å². The lowest BCUT2D eigenvalue weighted by molar-refractivity contribution is 0.450. The number of hydrogen-bond acceptors (Lipinski definition) is 2. The highest BCUT2D eigenvalue weighted by molar-refractivity contribution is 5.75. The first kappa shape index (κ1) is 12.1. The fourth-order valence-corrected chi connectivity index (χ4v) is 2.32. The van der Waals surface area contributed by atoms with E-state index in [9.17, 15) is 0 Å². The Morgan fingerprint density at radius 1 is 1.35 bits per heavy atom. The van der Waals surface area contributed by atoms with Gasteiger partial charge in [-0.05, 0) is 32.5 Å². The Morgan fingerprint density at radius 3 is 2.82 bits per heavy atom. The molecule has 1 atom stereocenters. The van der Waals surface area contributed by atoms with Crippen LogP contribution in [0.1, 0.15) is 25.6 Å². The Labute approximate surface area is 103 Å². The predicted molar refractivity (Wildman–Crippen MR) is 72.2 cm³/mol. The number of imidazole rings is 1. The molecule has 3 nitrogen and oxygen atoms in total. The minimum Gasteiger partial charge on any atom is -0.327 e. The molecule has 2 rings (SSSR count). The van der Waals surface area contributed by atoms with E-state index in [1.807, 2.05) is 13.1 Å². The number of nitrogens with one attached hydrogen (secondary N) is 1. The van der Waals surface area contributed by atoms with E-state index >= 15 is 0 Å². The van der Waals surface area contributed by atoms with Crippen LogP contribution in [0, 0.1) is 6.92 Å². The third kappa shape index (κ3) is 2.50. The molecule has 92 valence electrons. The van der Waals surface area contributed by atoms with Crippen LogP contribution in [-0.2, 0) is 6.54 Å². The highest BCUT2D eigenvalue weighted by atomic mass is 15.1. The van der Waals surface area contributed by atoms with Gasteiger partial charge in [0.1, 0.15) is 5.82 Å². The van der Waals surface area contributed by atoms with Gasteiger partial charge in [-0.25, -0.2) is 4.98 Å². The molecule has 1 heterocycles. The van der Waals surface area contributed by atoms with Crippen LogP contribution in [-0.4, -0.2) is 22.6 Å². The summed E-state index contributed by atoms with van der Waals surface area (Å²) in [5.74, 6) is 1.10. The van der Waals surface area contributed by atoms with Crippen molar-refractivity contribution >= 4 is 11.0 Å². The molecule has 2 aromatic rings. The molecule has 0 aliphatic heterocycles. The second-order valence-corrected chi connectivity index (χ2v) is 4.53. The Hall–Kier alpha value is -1.35. The van der Waals surface area contributed by atoms with Gasteiger partial charge in [-0.2, -0.15) is 0 Å². The summed E-state index contributed by atoms with van der Waals surface area (Å²) in [5.41, 5.74) is 2.33. The molecule has 0 bridgehead atoms. The number of para-hydroxylation sites is 2. The number of benzene rings is 1. The van der Waals surface area contributed by atoms with Gasteiger partial charge in [0.2, 0.25) is 0 Å². The molecule has 0 saturated carbocycles. The molecule has 0 saturated heterocycles. The predicted octanol–water partition coefficient (Wildman–Crippen LogP) is 2.73. The average molecular weight is 231 g/mol. The van der Waals surface area contributed by atoms with Gasteiger partial charge in [-0.3, -0.25) is 0 Å². The van der Waals surface area contributed by atoms with Crippen molar-refractivity contribution in [3.63, 3.8) is 0 Å². The maximum atomic E-state index is 4.60. The molecule has 17 heavy (non-hydrogen) atoms. The van der Waals surface area contributed by atoms with Crippen molar-refractivity contribution in [3.05, 3.63) is 30.1 Å². The fourth-order valence-electron chi connectivity index (χ4n) is 2.32. The molecule has 1 aromatic heterocycles. The van der Waals surface area contributed by atoms with Crippen LogP contribution in [0.15, 0.2) is 24.3 Å². The molecule has 0 spiro atoms. The van der Waals surface area contributed by atoms with E-state index in [0.29, 0.717) is 6.04 Å². The lowest BCUT2D eigenvalue weighted by Gasteiger charge is -2.17. The standard InChI is InChI=1S/C14H21N3/c1-4-7-12(15-3)10-17-11(2)16-13-8-5-6-9-14(13)17/h5-6,8-9,12,15H,4,7,10H2,1-3H3. The van der Waals surface area contributed by atoms with Crippen LogP contribution in [0.5, 0.6) is 0 Å². The number of aromatic nitrogens is 2. The van der Waals surface area contributed by atoms with Crippen molar-refractivity contribution in [2.45, 2.75) is 39.3 Å². The summed E-state index contributed by atoms with van der Waals surface area (Å²) < 4.78 is 2.31. The smallest absolute Gasteiger partial charge is 0.106 e. The Kier molecular flexibility index (Phi) is 3.79. The molecular weight excluding hydrogens is 210 g/mol. The summed E-state index contributed by atoms with van der Waals surface area (Å²) in [5, 5.41) is 3.38. The first-order chi connectivity index (χ1) is 8.26. The second-order valence-electron chi connectivity index (χ2n) is 4.53. The SMILES string of the molecule is CCCC(Cn1c(C)nc2ccccc21)NC. The van der Waals surface area contributed by atoms with Crippen molar-refractivity contribution in [2.24, 2.45) is 0 Å². The Balaban J connectivity index is 2.31. The maximum absolute atomic E-state index is 4.60. The van der Waals surface area contributed by atoms with E-state index in [4.69, 9.17) is 0 Å². The van der Waals surface area contributed by atoms with Crippen LogP contribution < -0.4 is 5.32 Å². The molecule has 1 unspecified atom stereocenters. The zero-order valence-electron chi connectivity index (χ0n) is 10.9. The monoisotopic (exact) mass is 231 g/mol. The maximum Gasteiger partial charge on any atom is 0.106 e. The summed E-state index contributed by atoms with van der Waals surface area (Å²) in [6.07, 6.45) is 2.40. The van der Waals surface area contributed by atoms with E-state index in [1.165, 1.54) is 18.4 Å². The van der Waals surface area contributed by atoms with Gasteiger partial charge < -0.3 is 9.88 Å². The van der Waals surface area contributed by atoms with Gasteiger partial charge in [-0.15, -0.1) is 0 Å².